The summed E-state index contributed by atoms with van der Waals surface area (Å²) in [5.74, 6) is 0.124. The van der Waals surface area contributed by atoms with Gasteiger partial charge in [-0.05, 0) is 30.0 Å². The molecule has 0 spiro atoms. The number of hydrogen-bond acceptors (Lipinski definition) is 2. The first-order valence-corrected chi connectivity index (χ1v) is 7.12. The first-order chi connectivity index (χ1) is 8.93. The van der Waals surface area contributed by atoms with Crippen LogP contribution in [0.5, 0.6) is 0 Å². The van der Waals surface area contributed by atoms with E-state index in [0.29, 0.717) is 16.9 Å². The lowest BCUT2D eigenvalue weighted by molar-refractivity contribution is -0.123. The average molecular weight is 331 g/mol. The molecule has 1 aromatic rings. The summed E-state index contributed by atoms with van der Waals surface area (Å²) >= 11 is 3.32. The Kier molecular flexibility index (Phi) is 6.45. The van der Waals surface area contributed by atoms with Crippen LogP contribution in [0.1, 0.15) is 25.8 Å². The van der Waals surface area contributed by atoms with E-state index >= 15 is 0 Å². The van der Waals surface area contributed by atoms with Crippen LogP contribution in [0.2, 0.25) is 0 Å². The molecule has 0 saturated heterocycles. The Morgan fingerprint density at radius 3 is 2.63 bits per heavy atom. The molecule has 0 aliphatic carbocycles. The third kappa shape index (κ3) is 5.28. The van der Waals surface area contributed by atoms with Crippen molar-refractivity contribution in [3.63, 3.8) is 0 Å². The summed E-state index contributed by atoms with van der Waals surface area (Å²) < 4.78 is 13.7. The minimum absolute atomic E-state index is 0.0214. The van der Waals surface area contributed by atoms with Crippen molar-refractivity contribution in [1.29, 1.82) is 0 Å². The minimum Gasteiger partial charge on any atom is -0.358 e. The van der Waals surface area contributed by atoms with Crippen molar-refractivity contribution in [2.24, 2.45) is 5.92 Å². The van der Waals surface area contributed by atoms with Gasteiger partial charge < -0.3 is 10.6 Å². The highest BCUT2D eigenvalue weighted by Crippen LogP contribution is 2.18. The zero-order valence-electron chi connectivity index (χ0n) is 11.5. The second-order valence-electron chi connectivity index (χ2n) is 4.91. The first-order valence-electron chi connectivity index (χ1n) is 6.33. The number of nitrogens with one attached hydrogen (secondary N) is 2. The molecule has 0 radical (unpaired) electrons. The van der Waals surface area contributed by atoms with Crippen LogP contribution in [0, 0.1) is 11.7 Å². The van der Waals surface area contributed by atoms with Crippen molar-refractivity contribution in [1.82, 2.24) is 10.6 Å². The molecule has 0 aliphatic rings. The molecule has 1 atom stereocenters. The van der Waals surface area contributed by atoms with Crippen LogP contribution in [-0.4, -0.2) is 19.0 Å². The van der Waals surface area contributed by atoms with Crippen molar-refractivity contribution in [3.05, 3.63) is 34.1 Å². The molecule has 1 amide bonds. The number of benzene rings is 1. The Balaban J connectivity index is 2.67. The van der Waals surface area contributed by atoms with E-state index in [-0.39, 0.29) is 17.8 Å². The van der Waals surface area contributed by atoms with E-state index in [1.165, 1.54) is 12.1 Å². The van der Waals surface area contributed by atoms with E-state index in [0.717, 1.165) is 12.0 Å². The molecule has 0 saturated carbocycles. The van der Waals surface area contributed by atoms with Gasteiger partial charge in [-0.15, -0.1) is 0 Å². The molecule has 19 heavy (non-hydrogen) atoms. The Morgan fingerprint density at radius 2 is 2.11 bits per heavy atom. The highest BCUT2D eigenvalue weighted by Gasteiger charge is 2.18. The van der Waals surface area contributed by atoms with Crippen molar-refractivity contribution in [3.8, 4) is 0 Å². The number of amides is 1. The summed E-state index contributed by atoms with van der Waals surface area (Å²) in [4.78, 5) is 11.8. The second kappa shape index (κ2) is 7.60. The largest absolute Gasteiger partial charge is 0.358 e. The van der Waals surface area contributed by atoms with E-state index in [4.69, 9.17) is 0 Å². The van der Waals surface area contributed by atoms with E-state index in [1.807, 2.05) is 0 Å². The molecule has 2 N–H and O–H groups in total. The predicted octanol–water partition coefficient (Wildman–Crippen LogP) is 2.84. The summed E-state index contributed by atoms with van der Waals surface area (Å²) in [6, 6.07) is 4.32. The maximum absolute atomic E-state index is 13.0. The van der Waals surface area contributed by atoms with Crippen LogP contribution in [0.3, 0.4) is 0 Å². The monoisotopic (exact) mass is 330 g/mol. The number of halogens is 2. The molecule has 1 aromatic carbocycles. The molecule has 0 heterocycles. The van der Waals surface area contributed by atoms with Gasteiger partial charge in [0.1, 0.15) is 5.82 Å². The van der Waals surface area contributed by atoms with Gasteiger partial charge in [-0.3, -0.25) is 4.79 Å². The molecule has 106 valence electrons. The van der Waals surface area contributed by atoms with Crippen LogP contribution in [0.4, 0.5) is 4.39 Å². The molecule has 0 bridgehead atoms. The van der Waals surface area contributed by atoms with E-state index < -0.39 is 0 Å². The standard InChI is InChI=1S/C14H20BrFN2O/c1-9(2)6-13(14(19)17-3)18-8-10-4-5-11(16)7-12(10)15/h4-5,7,9,13,18H,6,8H2,1-3H3,(H,17,19). The second-order valence-corrected chi connectivity index (χ2v) is 5.77. The Morgan fingerprint density at radius 1 is 1.42 bits per heavy atom. The molecule has 0 aliphatic heterocycles. The minimum atomic E-state index is -0.277. The molecular formula is C14H20BrFN2O. The Labute approximate surface area is 122 Å². The Bertz CT molecular complexity index is 437. The lowest BCUT2D eigenvalue weighted by atomic mass is 10.0. The van der Waals surface area contributed by atoms with Gasteiger partial charge in [-0.25, -0.2) is 4.39 Å². The summed E-state index contributed by atoms with van der Waals surface area (Å²) in [5.41, 5.74) is 0.930. The third-order valence-electron chi connectivity index (χ3n) is 2.82. The summed E-state index contributed by atoms with van der Waals surface area (Å²) in [6.45, 7) is 4.67. The molecule has 1 rings (SSSR count). The lowest BCUT2D eigenvalue weighted by Crippen LogP contribution is -2.43. The number of hydrogen-bond donors (Lipinski definition) is 2. The van der Waals surface area contributed by atoms with Crippen LogP contribution >= 0.6 is 15.9 Å². The molecular weight excluding hydrogens is 311 g/mol. The van der Waals surface area contributed by atoms with Gasteiger partial charge in [0.15, 0.2) is 0 Å². The fourth-order valence-electron chi connectivity index (χ4n) is 1.83. The molecule has 5 heteroatoms. The highest BCUT2D eigenvalue weighted by atomic mass is 79.9. The predicted molar refractivity (Wildman–Crippen MR) is 78.2 cm³/mol. The molecule has 3 nitrogen and oxygen atoms in total. The smallest absolute Gasteiger partial charge is 0.236 e. The maximum atomic E-state index is 13.0. The van der Waals surface area contributed by atoms with E-state index in [2.05, 4.69) is 40.4 Å². The number of carbonyl (C=O) groups is 1. The highest BCUT2D eigenvalue weighted by molar-refractivity contribution is 9.10. The maximum Gasteiger partial charge on any atom is 0.236 e. The van der Waals surface area contributed by atoms with Gasteiger partial charge in [-0.1, -0.05) is 35.8 Å². The van der Waals surface area contributed by atoms with Crippen molar-refractivity contribution in [2.75, 3.05) is 7.05 Å². The fourth-order valence-corrected chi connectivity index (χ4v) is 2.32. The topological polar surface area (TPSA) is 41.1 Å². The van der Waals surface area contributed by atoms with E-state index in [1.54, 1.807) is 13.1 Å². The van der Waals surface area contributed by atoms with E-state index in [9.17, 15) is 9.18 Å². The van der Waals surface area contributed by atoms with Crippen LogP contribution < -0.4 is 10.6 Å². The quantitative estimate of drug-likeness (QED) is 0.842. The van der Waals surface area contributed by atoms with Gasteiger partial charge in [0.25, 0.3) is 0 Å². The lowest BCUT2D eigenvalue weighted by Gasteiger charge is -2.19. The molecule has 1 unspecified atom stereocenters. The van der Waals surface area contributed by atoms with Crippen LogP contribution in [0.15, 0.2) is 22.7 Å². The zero-order valence-corrected chi connectivity index (χ0v) is 13.1. The Hall–Kier alpha value is -0.940. The number of rotatable bonds is 6. The van der Waals surface area contributed by atoms with Crippen LogP contribution in [-0.2, 0) is 11.3 Å². The van der Waals surface area contributed by atoms with Gasteiger partial charge in [-0.2, -0.15) is 0 Å². The molecule has 0 aromatic heterocycles. The molecule has 0 fully saturated rings. The number of carbonyl (C=O) groups excluding carboxylic acids is 1. The zero-order chi connectivity index (χ0) is 14.4. The summed E-state index contributed by atoms with van der Waals surface area (Å²) in [7, 11) is 1.63. The van der Waals surface area contributed by atoms with Gasteiger partial charge in [0.2, 0.25) is 5.91 Å². The fraction of sp³-hybridized carbons (Fsp3) is 0.500. The van der Waals surface area contributed by atoms with Gasteiger partial charge in [0, 0.05) is 18.1 Å². The van der Waals surface area contributed by atoms with Crippen molar-refractivity contribution < 1.29 is 9.18 Å². The van der Waals surface area contributed by atoms with Crippen LogP contribution in [0.25, 0.3) is 0 Å². The van der Waals surface area contributed by atoms with Gasteiger partial charge in [0.05, 0.1) is 6.04 Å². The summed E-state index contributed by atoms with van der Waals surface area (Å²) in [6.07, 6.45) is 0.762. The third-order valence-corrected chi connectivity index (χ3v) is 3.56. The summed E-state index contributed by atoms with van der Waals surface area (Å²) in [5, 5.41) is 5.87. The first kappa shape index (κ1) is 16.1. The van der Waals surface area contributed by atoms with Crippen molar-refractivity contribution in [2.45, 2.75) is 32.9 Å². The number of likely N-dealkylation sites (N-methyl/N-ethyl adjacent to an activating group) is 1. The normalized spacial score (nSPS) is 12.5. The SMILES string of the molecule is CNC(=O)C(CC(C)C)NCc1ccc(F)cc1Br. The average Bonchev–Trinajstić information content (AvgIpc) is 2.34. The van der Waals surface area contributed by atoms with Gasteiger partial charge >= 0.3 is 0 Å². The van der Waals surface area contributed by atoms with Crippen molar-refractivity contribution >= 4 is 21.8 Å².